The van der Waals surface area contributed by atoms with Crippen molar-refractivity contribution < 1.29 is 28.7 Å². The minimum Gasteiger partial charge on any atom is -0.485 e. The standard InChI is InChI=1S/C29H27BFN7O5/c1-3-38-27-18(14-33-38)11-24-26(36-37(2)35-24)23-9-8-22(31)10-20(23)16-42-25-12-19(27)13-32-28(25)34-29(39)43-15-17-4-6-21(7-5-17)30(40)41/h4-10,12-14,40-41H,3,11,15-16H2,1-2H3,(H,32,34,39). The number of hydrogen-bond donors (Lipinski definition) is 3. The van der Waals surface area contributed by atoms with Crippen molar-refractivity contribution in [1.82, 2.24) is 29.8 Å². The zero-order valence-electron chi connectivity index (χ0n) is 23.4. The molecule has 0 unspecified atom stereocenters. The number of hydrogen-bond acceptors (Lipinski definition) is 9. The van der Waals surface area contributed by atoms with Crippen molar-refractivity contribution in [2.45, 2.75) is 33.1 Å². The van der Waals surface area contributed by atoms with Gasteiger partial charge in [0, 0.05) is 48.5 Å². The van der Waals surface area contributed by atoms with Crippen LogP contribution in [0.25, 0.3) is 22.5 Å². The van der Waals surface area contributed by atoms with E-state index >= 15 is 0 Å². The summed E-state index contributed by atoms with van der Waals surface area (Å²) in [4.78, 5) is 18.7. The lowest BCUT2D eigenvalue weighted by molar-refractivity contribution is 0.155. The van der Waals surface area contributed by atoms with E-state index < -0.39 is 19.0 Å². The number of rotatable bonds is 5. The van der Waals surface area contributed by atoms with Gasteiger partial charge in [-0.2, -0.15) is 20.1 Å². The van der Waals surface area contributed by atoms with Crippen molar-refractivity contribution in [2.24, 2.45) is 7.05 Å². The number of halogens is 1. The summed E-state index contributed by atoms with van der Waals surface area (Å²) >= 11 is 0. The normalized spacial score (nSPS) is 12.1. The Bertz CT molecular complexity index is 1810. The fourth-order valence-electron chi connectivity index (χ4n) is 5.00. The molecule has 0 fully saturated rings. The number of anilines is 1. The molecule has 5 aromatic rings. The fourth-order valence-corrected chi connectivity index (χ4v) is 5.00. The zero-order valence-corrected chi connectivity index (χ0v) is 23.4. The molecule has 1 aliphatic heterocycles. The van der Waals surface area contributed by atoms with Crippen molar-refractivity contribution in [3.8, 4) is 28.3 Å². The maximum atomic E-state index is 14.4. The van der Waals surface area contributed by atoms with E-state index in [1.54, 1.807) is 43.7 Å². The molecule has 0 radical (unpaired) electrons. The summed E-state index contributed by atoms with van der Waals surface area (Å²) in [5.41, 5.74) is 5.93. The first-order valence-corrected chi connectivity index (χ1v) is 13.5. The summed E-state index contributed by atoms with van der Waals surface area (Å²) in [5.74, 6) is -0.0609. The smallest absolute Gasteiger partial charge is 0.485 e. The minimum absolute atomic E-state index is 0.0408. The van der Waals surface area contributed by atoms with Gasteiger partial charge in [-0.15, -0.1) is 0 Å². The van der Waals surface area contributed by atoms with Gasteiger partial charge in [0.15, 0.2) is 11.6 Å². The monoisotopic (exact) mass is 583 g/mol. The van der Waals surface area contributed by atoms with Gasteiger partial charge in [0.05, 0.1) is 17.6 Å². The number of carbonyl (C=O) groups excluding carboxylic acids is 1. The number of benzene rings is 2. The summed E-state index contributed by atoms with van der Waals surface area (Å²) < 4.78 is 27.8. The number of nitrogens with zero attached hydrogens (tertiary/aromatic N) is 6. The van der Waals surface area contributed by atoms with Crippen molar-refractivity contribution in [2.75, 3.05) is 5.32 Å². The fraction of sp³-hybridized carbons (Fsp3) is 0.207. The Morgan fingerprint density at radius 3 is 2.70 bits per heavy atom. The zero-order chi connectivity index (χ0) is 30.1. The first-order chi connectivity index (χ1) is 20.8. The lowest BCUT2D eigenvalue weighted by atomic mass is 9.80. The number of nitrogens with one attached hydrogen (secondary N) is 1. The molecule has 12 nitrogen and oxygen atoms in total. The van der Waals surface area contributed by atoms with Crippen LogP contribution in [0.1, 0.15) is 29.3 Å². The lowest BCUT2D eigenvalue weighted by Crippen LogP contribution is -2.29. The van der Waals surface area contributed by atoms with Crippen LogP contribution >= 0.6 is 0 Å². The van der Waals surface area contributed by atoms with Gasteiger partial charge in [-0.1, -0.05) is 24.3 Å². The Morgan fingerprint density at radius 1 is 1.12 bits per heavy atom. The minimum atomic E-state index is -1.59. The van der Waals surface area contributed by atoms with E-state index in [1.165, 1.54) is 29.1 Å². The second-order valence-electron chi connectivity index (χ2n) is 9.97. The van der Waals surface area contributed by atoms with Gasteiger partial charge in [0.2, 0.25) is 0 Å². The molecule has 1 aliphatic rings. The molecule has 0 saturated heterocycles. The van der Waals surface area contributed by atoms with E-state index in [1.807, 2.05) is 11.6 Å². The largest absolute Gasteiger partial charge is 0.488 e. The van der Waals surface area contributed by atoms with E-state index in [-0.39, 0.29) is 24.8 Å². The molecule has 4 heterocycles. The van der Waals surface area contributed by atoms with Gasteiger partial charge in [-0.3, -0.25) is 10.00 Å². The SMILES string of the molecule is CCn1ncc2c1-c1cnc(NC(=O)OCc3ccc(B(O)O)cc3)c(c1)OCc1cc(F)ccc1-c1nn(C)nc1C2. The molecule has 2 bridgehead atoms. The second-order valence-corrected chi connectivity index (χ2v) is 9.97. The van der Waals surface area contributed by atoms with Crippen LogP contribution in [0.4, 0.5) is 15.0 Å². The van der Waals surface area contributed by atoms with Gasteiger partial charge < -0.3 is 19.5 Å². The Balaban J connectivity index is 1.34. The maximum absolute atomic E-state index is 14.4. The van der Waals surface area contributed by atoms with Crippen molar-refractivity contribution in [3.05, 3.63) is 89.1 Å². The highest BCUT2D eigenvalue weighted by Crippen LogP contribution is 2.35. The van der Waals surface area contributed by atoms with E-state index in [0.717, 1.165) is 11.3 Å². The molecule has 1 amide bonds. The topological polar surface area (TPSA) is 149 Å². The number of carbonyl (C=O) groups is 1. The Labute approximate surface area is 245 Å². The van der Waals surface area contributed by atoms with Gasteiger partial charge >= 0.3 is 13.2 Å². The number of aromatic nitrogens is 6. The van der Waals surface area contributed by atoms with Crippen LogP contribution in [-0.4, -0.2) is 53.0 Å². The molecule has 3 N–H and O–H groups in total. The van der Waals surface area contributed by atoms with Crippen molar-refractivity contribution in [1.29, 1.82) is 0 Å². The van der Waals surface area contributed by atoms with Crippen LogP contribution < -0.4 is 15.5 Å². The third-order valence-electron chi connectivity index (χ3n) is 7.06. The summed E-state index contributed by atoms with van der Waals surface area (Å²) in [6.07, 6.45) is 3.06. The number of amides is 1. The van der Waals surface area contributed by atoms with Crippen LogP contribution in [0, 0.1) is 5.82 Å². The van der Waals surface area contributed by atoms with Crippen LogP contribution in [-0.2, 0) is 38.0 Å². The molecule has 0 spiro atoms. The van der Waals surface area contributed by atoms with E-state index in [4.69, 9.17) is 9.47 Å². The predicted octanol–water partition coefficient (Wildman–Crippen LogP) is 2.81. The molecule has 2 aromatic carbocycles. The molecule has 218 valence electrons. The van der Waals surface area contributed by atoms with Gasteiger partial charge in [-0.25, -0.2) is 14.2 Å². The predicted molar refractivity (Wildman–Crippen MR) is 155 cm³/mol. The van der Waals surface area contributed by atoms with E-state index in [9.17, 15) is 19.2 Å². The number of fused-ring (bicyclic) bond motifs is 7. The van der Waals surface area contributed by atoms with Crippen molar-refractivity contribution >= 4 is 24.5 Å². The Morgan fingerprint density at radius 2 is 1.93 bits per heavy atom. The highest BCUT2D eigenvalue weighted by molar-refractivity contribution is 6.58. The number of aryl methyl sites for hydroxylation is 2. The van der Waals surface area contributed by atoms with Crippen molar-refractivity contribution in [3.63, 3.8) is 0 Å². The number of ether oxygens (including phenoxy) is 2. The van der Waals surface area contributed by atoms with Crippen LogP contribution in [0.3, 0.4) is 0 Å². The van der Waals surface area contributed by atoms with Crippen LogP contribution in [0.15, 0.2) is 60.9 Å². The van der Waals surface area contributed by atoms with E-state index in [2.05, 4.69) is 25.6 Å². The molecule has 43 heavy (non-hydrogen) atoms. The Hall–Kier alpha value is -5.08. The van der Waals surface area contributed by atoms with Crippen LogP contribution in [0.2, 0.25) is 0 Å². The molecule has 0 atom stereocenters. The second kappa shape index (κ2) is 11.7. The third-order valence-corrected chi connectivity index (χ3v) is 7.06. The molecule has 14 heteroatoms. The first kappa shape index (κ1) is 28.1. The molecule has 3 aromatic heterocycles. The summed E-state index contributed by atoms with van der Waals surface area (Å²) in [7, 11) is 0.151. The van der Waals surface area contributed by atoms with Gasteiger partial charge in [0.1, 0.15) is 24.7 Å². The molecular weight excluding hydrogens is 556 g/mol. The quantitative estimate of drug-likeness (QED) is 0.266. The molecule has 6 rings (SSSR count). The average Bonchev–Trinajstić information content (AvgIpc) is 3.57. The third kappa shape index (κ3) is 5.83. The highest BCUT2D eigenvalue weighted by atomic mass is 19.1. The first-order valence-electron chi connectivity index (χ1n) is 13.5. The molecular formula is C29H27BFN7O5. The van der Waals surface area contributed by atoms with Gasteiger partial charge in [-0.05, 0) is 42.2 Å². The molecule has 0 aliphatic carbocycles. The van der Waals surface area contributed by atoms with E-state index in [0.29, 0.717) is 52.1 Å². The summed E-state index contributed by atoms with van der Waals surface area (Å²) in [5, 5.41) is 34.9. The number of pyridine rings is 1. The maximum Gasteiger partial charge on any atom is 0.488 e. The van der Waals surface area contributed by atoms with Crippen LogP contribution in [0.5, 0.6) is 5.75 Å². The highest BCUT2D eigenvalue weighted by Gasteiger charge is 2.23. The lowest BCUT2D eigenvalue weighted by Gasteiger charge is -2.17. The Kier molecular flexibility index (Phi) is 7.61. The summed E-state index contributed by atoms with van der Waals surface area (Å²) in [6, 6.07) is 12.5. The average molecular weight is 583 g/mol. The summed E-state index contributed by atoms with van der Waals surface area (Å²) in [6.45, 7) is 2.48. The molecule has 0 saturated carbocycles. The van der Waals surface area contributed by atoms with Gasteiger partial charge in [0.25, 0.3) is 0 Å².